The summed E-state index contributed by atoms with van der Waals surface area (Å²) in [4.78, 5) is 12.7. The topological polar surface area (TPSA) is 46.5 Å². The van der Waals surface area contributed by atoms with Crippen LogP contribution in [0.1, 0.15) is 21.5 Å². The van der Waals surface area contributed by atoms with Gasteiger partial charge in [-0.05, 0) is 30.7 Å². The van der Waals surface area contributed by atoms with Gasteiger partial charge in [0.1, 0.15) is 17.2 Å². The summed E-state index contributed by atoms with van der Waals surface area (Å²) in [6.07, 6.45) is 2.06. The van der Waals surface area contributed by atoms with Crippen LogP contribution < -0.4 is 4.74 Å². The lowest BCUT2D eigenvalue weighted by molar-refractivity contribution is 0.103. The molecule has 3 nitrogen and oxygen atoms in total. The number of hydrogen-bond acceptors (Lipinski definition) is 3. The van der Waals surface area contributed by atoms with Crippen LogP contribution in [-0.2, 0) is 6.42 Å². The lowest BCUT2D eigenvalue weighted by atomic mass is 9.98. The Balaban J connectivity index is 2.01. The fourth-order valence-corrected chi connectivity index (χ4v) is 2.60. The van der Waals surface area contributed by atoms with E-state index in [0.29, 0.717) is 29.0 Å². The summed E-state index contributed by atoms with van der Waals surface area (Å²) in [5, 5.41) is 10.7. The lowest BCUT2D eigenvalue weighted by Gasteiger charge is -2.14. The Hall–Kier alpha value is -3.33. The molecule has 0 unspecified atom stereocenters. The Kier molecular flexibility index (Phi) is 4.95. The van der Waals surface area contributed by atoms with Gasteiger partial charge in [0.2, 0.25) is 0 Å². The average molecular weight is 330 g/mol. The maximum Gasteiger partial charge on any atom is 0.196 e. The van der Waals surface area contributed by atoms with Gasteiger partial charge in [-0.2, -0.15) is 0 Å². The number of ketones is 1. The smallest absolute Gasteiger partial charge is 0.196 e. The first-order valence-electron chi connectivity index (χ1n) is 7.99. The van der Waals surface area contributed by atoms with Crippen LogP contribution in [0.2, 0.25) is 0 Å². The quantitative estimate of drug-likeness (QED) is 0.502. The molecule has 0 aliphatic heterocycles. The molecule has 25 heavy (non-hydrogen) atoms. The van der Waals surface area contributed by atoms with Crippen LogP contribution in [0.4, 0.5) is 0 Å². The molecule has 0 atom stereocenters. The molecule has 124 valence electrons. The Labute approximate surface area is 146 Å². The first kappa shape index (κ1) is 16.5. The molecule has 0 spiro atoms. The van der Waals surface area contributed by atoms with E-state index in [-0.39, 0.29) is 17.1 Å². The van der Waals surface area contributed by atoms with Gasteiger partial charge in [0.15, 0.2) is 5.78 Å². The van der Waals surface area contributed by atoms with Crippen LogP contribution in [0.25, 0.3) is 0 Å². The Morgan fingerprint density at radius 1 is 0.960 bits per heavy atom. The van der Waals surface area contributed by atoms with Gasteiger partial charge in [0, 0.05) is 11.1 Å². The molecule has 3 rings (SSSR count). The highest BCUT2D eigenvalue weighted by Crippen LogP contribution is 2.35. The molecule has 0 aliphatic carbocycles. The standard InChI is InChI=1S/C22H18O3/c1-2-9-18-20(25-17-12-7-4-8-13-17)15-14-19(22(18)24)21(23)16-10-5-3-6-11-16/h2-8,10-15,24H,1,9H2. The Morgan fingerprint density at radius 2 is 1.60 bits per heavy atom. The van der Waals surface area contributed by atoms with Gasteiger partial charge < -0.3 is 9.84 Å². The molecule has 0 aliphatic rings. The third-order valence-corrected chi connectivity index (χ3v) is 3.84. The molecule has 3 aromatic rings. The maximum atomic E-state index is 12.7. The SMILES string of the molecule is C=CCc1c(Oc2ccccc2)ccc(C(=O)c2ccccc2)c1O. The molecule has 0 amide bonds. The van der Waals surface area contributed by atoms with E-state index in [0.717, 1.165) is 0 Å². The normalized spacial score (nSPS) is 10.2. The van der Waals surface area contributed by atoms with Gasteiger partial charge >= 0.3 is 0 Å². The predicted octanol–water partition coefficient (Wildman–Crippen LogP) is 5.14. The van der Waals surface area contributed by atoms with Crippen molar-refractivity contribution in [3.63, 3.8) is 0 Å². The highest BCUT2D eigenvalue weighted by atomic mass is 16.5. The first-order chi connectivity index (χ1) is 12.2. The van der Waals surface area contributed by atoms with Crippen LogP contribution >= 0.6 is 0 Å². The number of phenols is 1. The van der Waals surface area contributed by atoms with Crippen molar-refractivity contribution in [1.82, 2.24) is 0 Å². The molecule has 0 radical (unpaired) electrons. The van der Waals surface area contributed by atoms with Gasteiger partial charge in [0.05, 0.1) is 5.56 Å². The fraction of sp³-hybridized carbons (Fsp3) is 0.0455. The van der Waals surface area contributed by atoms with Crippen molar-refractivity contribution in [3.05, 3.63) is 102 Å². The van der Waals surface area contributed by atoms with Gasteiger partial charge in [-0.25, -0.2) is 0 Å². The van der Waals surface area contributed by atoms with Crippen LogP contribution in [0.5, 0.6) is 17.2 Å². The van der Waals surface area contributed by atoms with E-state index >= 15 is 0 Å². The average Bonchev–Trinajstić information content (AvgIpc) is 2.66. The number of carbonyl (C=O) groups excluding carboxylic acids is 1. The monoisotopic (exact) mass is 330 g/mol. The summed E-state index contributed by atoms with van der Waals surface area (Å²) in [6, 6.07) is 21.5. The van der Waals surface area contributed by atoms with E-state index in [4.69, 9.17) is 4.74 Å². The maximum absolute atomic E-state index is 12.7. The minimum absolute atomic E-state index is 0.0674. The van der Waals surface area contributed by atoms with Crippen molar-refractivity contribution in [2.45, 2.75) is 6.42 Å². The van der Waals surface area contributed by atoms with Crippen molar-refractivity contribution >= 4 is 5.78 Å². The first-order valence-corrected chi connectivity index (χ1v) is 7.99. The van der Waals surface area contributed by atoms with Gasteiger partial charge in [-0.3, -0.25) is 4.79 Å². The Bertz CT molecular complexity index is 884. The molecule has 0 aromatic heterocycles. The summed E-state index contributed by atoms with van der Waals surface area (Å²) in [7, 11) is 0. The third kappa shape index (κ3) is 3.61. The molecule has 0 heterocycles. The molecule has 0 saturated carbocycles. The second-order valence-corrected chi connectivity index (χ2v) is 5.54. The zero-order valence-electron chi connectivity index (χ0n) is 13.7. The third-order valence-electron chi connectivity index (χ3n) is 3.84. The van der Waals surface area contributed by atoms with Crippen molar-refractivity contribution in [2.75, 3.05) is 0 Å². The fourth-order valence-electron chi connectivity index (χ4n) is 2.60. The molecule has 0 bridgehead atoms. The predicted molar refractivity (Wildman–Crippen MR) is 98.4 cm³/mol. The zero-order valence-corrected chi connectivity index (χ0v) is 13.7. The number of phenolic OH excluding ortho intramolecular Hbond substituents is 1. The Morgan fingerprint density at radius 3 is 2.24 bits per heavy atom. The van der Waals surface area contributed by atoms with Crippen LogP contribution in [0.3, 0.4) is 0 Å². The molecule has 0 saturated heterocycles. The molecule has 1 N–H and O–H groups in total. The molecular formula is C22H18O3. The molecule has 3 heteroatoms. The van der Waals surface area contributed by atoms with Crippen molar-refractivity contribution in [1.29, 1.82) is 0 Å². The minimum atomic E-state index is -0.227. The summed E-state index contributed by atoms with van der Waals surface area (Å²) < 4.78 is 5.86. The number of rotatable bonds is 6. The minimum Gasteiger partial charge on any atom is -0.507 e. The number of aromatic hydroxyl groups is 1. The van der Waals surface area contributed by atoms with E-state index in [9.17, 15) is 9.90 Å². The largest absolute Gasteiger partial charge is 0.507 e. The number of benzene rings is 3. The van der Waals surface area contributed by atoms with Crippen molar-refractivity contribution < 1.29 is 14.6 Å². The summed E-state index contributed by atoms with van der Waals surface area (Å²) in [5.74, 6) is 0.874. The number of allylic oxidation sites excluding steroid dienone is 1. The number of para-hydroxylation sites is 1. The summed E-state index contributed by atoms with van der Waals surface area (Å²) in [6.45, 7) is 3.73. The second kappa shape index (κ2) is 7.49. The number of ether oxygens (including phenoxy) is 1. The number of hydrogen-bond donors (Lipinski definition) is 1. The summed E-state index contributed by atoms with van der Waals surface area (Å²) >= 11 is 0. The van der Waals surface area contributed by atoms with E-state index < -0.39 is 0 Å². The van der Waals surface area contributed by atoms with Gasteiger partial charge in [-0.1, -0.05) is 54.6 Å². The van der Waals surface area contributed by atoms with E-state index in [2.05, 4.69) is 6.58 Å². The van der Waals surface area contributed by atoms with Gasteiger partial charge in [-0.15, -0.1) is 6.58 Å². The number of carbonyl (C=O) groups is 1. The highest BCUT2D eigenvalue weighted by molar-refractivity contribution is 6.11. The van der Waals surface area contributed by atoms with E-state index in [1.807, 2.05) is 36.4 Å². The second-order valence-electron chi connectivity index (χ2n) is 5.54. The van der Waals surface area contributed by atoms with Crippen LogP contribution in [0, 0.1) is 0 Å². The van der Waals surface area contributed by atoms with Gasteiger partial charge in [0.25, 0.3) is 0 Å². The van der Waals surface area contributed by atoms with E-state index in [1.165, 1.54) is 0 Å². The van der Waals surface area contributed by atoms with Crippen molar-refractivity contribution in [3.8, 4) is 17.2 Å². The molecule has 0 fully saturated rings. The molecular weight excluding hydrogens is 312 g/mol. The van der Waals surface area contributed by atoms with Crippen molar-refractivity contribution in [2.24, 2.45) is 0 Å². The van der Waals surface area contributed by atoms with E-state index in [1.54, 1.807) is 42.5 Å². The lowest BCUT2D eigenvalue weighted by Crippen LogP contribution is -2.04. The van der Waals surface area contributed by atoms with Crippen LogP contribution in [0.15, 0.2) is 85.5 Å². The highest BCUT2D eigenvalue weighted by Gasteiger charge is 2.19. The van der Waals surface area contributed by atoms with Crippen LogP contribution in [-0.4, -0.2) is 10.9 Å². The molecule has 3 aromatic carbocycles. The summed E-state index contributed by atoms with van der Waals surface area (Å²) in [5.41, 5.74) is 1.32. The zero-order chi connectivity index (χ0) is 17.6.